The van der Waals surface area contributed by atoms with Crippen LogP contribution in [0.25, 0.3) is 12.2 Å². The molecule has 0 saturated heterocycles. The standard InChI is InChI=1S/C12H16N2OS/c1-5-9(6-2)8-11-10(7-3)13-12(16)14(11)15-4/h5,7-8H,1,3,6H2,2,4H3,(H,13,16)/b9-8+. The van der Waals surface area contributed by atoms with Gasteiger partial charge in [-0.15, -0.1) is 0 Å². The van der Waals surface area contributed by atoms with Gasteiger partial charge in [0.25, 0.3) is 0 Å². The number of allylic oxidation sites excluding steroid dienone is 2. The molecule has 16 heavy (non-hydrogen) atoms. The normalized spacial score (nSPS) is 11.2. The van der Waals surface area contributed by atoms with Crippen LogP contribution in [0, 0.1) is 4.77 Å². The van der Waals surface area contributed by atoms with Gasteiger partial charge in [0.15, 0.2) is 0 Å². The van der Waals surface area contributed by atoms with E-state index in [0.29, 0.717) is 4.77 Å². The lowest BCUT2D eigenvalue weighted by molar-refractivity contribution is 0.161. The average Bonchev–Trinajstić information content (AvgIpc) is 2.61. The largest absolute Gasteiger partial charge is 0.414 e. The zero-order valence-electron chi connectivity index (χ0n) is 9.62. The van der Waals surface area contributed by atoms with Crippen LogP contribution in [0.1, 0.15) is 24.7 Å². The quantitative estimate of drug-likeness (QED) is 0.628. The number of aromatic nitrogens is 2. The van der Waals surface area contributed by atoms with Crippen LogP contribution in [0.2, 0.25) is 0 Å². The third-order valence-corrected chi connectivity index (χ3v) is 2.57. The summed E-state index contributed by atoms with van der Waals surface area (Å²) in [7, 11) is 1.58. The van der Waals surface area contributed by atoms with Crippen LogP contribution in [0.15, 0.2) is 24.8 Å². The molecule has 0 fully saturated rings. The molecular formula is C12H16N2OS. The molecule has 0 spiro atoms. The van der Waals surface area contributed by atoms with Crippen LogP contribution >= 0.6 is 12.2 Å². The maximum absolute atomic E-state index is 5.20. The van der Waals surface area contributed by atoms with Gasteiger partial charge in [-0.1, -0.05) is 26.2 Å². The van der Waals surface area contributed by atoms with Crippen LogP contribution in [-0.2, 0) is 0 Å². The number of H-pyrrole nitrogens is 1. The van der Waals surface area contributed by atoms with Gasteiger partial charge in [0.05, 0.1) is 5.69 Å². The zero-order valence-corrected chi connectivity index (χ0v) is 10.4. The first-order chi connectivity index (χ1) is 7.67. The summed E-state index contributed by atoms with van der Waals surface area (Å²) in [5, 5.41) is 0. The molecule has 1 aromatic rings. The minimum absolute atomic E-state index is 0.517. The van der Waals surface area contributed by atoms with E-state index in [1.165, 1.54) is 0 Å². The summed E-state index contributed by atoms with van der Waals surface area (Å²) >= 11 is 5.13. The van der Waals surface area contributed by atoms with Crippen LogP contribution in [0.5, 0.6) is 0 Å². The summed E-state index contributed by atoms with van der Waals surface area (Å²) in [6, 6.07) is 0. The lowest BCUT2D eigenvalue weighted by Gasteiger charge is -2.04. The lowest BCUT2D eigenvalue weighted by atomic mass is 10.1. The Labute approximate surface area is 101 Å². The number of nitrogens with zero attached hydrogens (tertiary/aromatic N) is 1. The molecule has 0 aliphatic heterocycles. The number of imidazole rings is 1. The SMILES string of the molecule is C=C/C(=C\c1c(C=C)[nH]c(=S)n1OC)CC. The van der Waals surface area contributed by atoms with Crippen LogP contribution in [0.4, 0.5) is 0 Å². The first-order valence-electron chi connectivity index (χ1n) is 5.02. The lowest BCUT2D eigenvalue weighted by Crippen LogP contribution is -2.07. The van der Waals surface area contributed by atoms with E-state index in [-0.39, 0.29) is 0 Å². The Morgan fingerprint density at radius 3 is 2.69 bits per heavy atom. The average molecular weight is 236 g/mol. The molecule has 1 aromatic heterocycles. The molecule has 1 rings (SSSR count). The second-order valence-electron chi connectivity index (χ2n) is 3.19. The van der Waals surface area contributed by atoms with Crippen molar-refractivity contribution >= 4 is 24.4 Å². The van der Waals surface area contributed by atoms with Crippen molar-refractivity contribution in [2.24, 2.45) is 0 Å². The Morgan fingerprint density at radius 2 is 2.25 bits per heavy atom. The van der Waals surface area contributed by atoms with Gasteiger partial charge < -0.3 is 9.82 Å². The van der Waals surface area contributed by atoms with E-state index < -0.39 is 0 Å². The second kappa shape index (κ2) is 5.51. The van der Waals surface area contributed by atoms with Crippen molar-refractivity contribution in [2.45, 2.75) is 13.3 Å². The molecule has 0 unspecified atom stereocenters. The number of hydrogen-bond acceptors (Lipinski definition) is 2. The molecule has 0 radical (unpaired) electrons. The monoisotopic (exact) mass is 236 g/mol. The van der Waals surface area contributed by atoms with Gasteiger partial charge >= 0.3 is 0 Å². The molecule has 1 N–H and O–H groups in total. The molecular weight excluding hydrogens is 220 g/mol. The van der Waals surface area contributed by atoms with Gasteiger partial charge in [0.1, 0.15) is 12.8 Å². The van der Waals surface area contributed by atoms with Crippen molar-refractivity contribution in [2.75, 3.05) is 7.11 Å². The van der Waals surface area contributed by atoms with Crippen molar-refractivity contribution in [3.8, 4) is 0 Å². The van der Waals surface area contributed by atoms with Gasteiger partial charge in [0.2, 0.25) is 4.77 Å². The fraction of sp³-hybridized carbons (Fsp3) is 0.250. The summed E-state index contributed by atoms with van der Waals surface area (Å²) < 4.78 is 2.08. The number of rotatable bonds is 5. The molecule has 0 bridgehead atoms. The van der Waals surface area contributed by atoms with E-state index in [0.717, 1.165) is 23.4 Å². The molecule has 0 aliphatic rings. The maximum Gasteiger partial charge on any atom is 0.212 e. The van der Waals surface area contributed by atoms with Gasteiger partial charge in [-0.3, -0.25) is 0 Å². The Balaban J connectivity index is 3.40. The minimum atomic E-state index is 0.517. The number of hydrogen-bond donors (Lipinski definition) is 1. The summed E-state index contributed by atoms with van der Waals surface area (Å²) in [4.78, 5) is 8.23. The summed E-state index contributed by atoms with van der Waals surface area (Å²) in [6.45, 7) is 9.57. The molecule has 0 aromatic carbocycles. The first-order valence-corrected chi connectivity index (χ1v) is 5.43. The predicted octanol–water partition coefficient (Wildman–Crippen LogP) is 3.23. The fourth-order valence-corrected chi connectivity index (χ4v) is 1.69. The summed E-state index contributed by atoms with van der Waals surface area (Å²) in [6.07, 6.45) is 6.43. The second-order valence-corrected chi connectivity index (χ2v) is 3.57. The molecule has 0 amide bonds. The van der Waals surface area contributed by atoms with E-state index in [9.17, 15) is 0 Å². The Kier molecular flexibility index (Phi) is 4.31. The Bertz CT molecular complexity index is 480. The molecule has 3 nitrogen and oxygen atoms in total. The van der Waals surface area contributed by atoms with E-state index in [4.69, 9.17) is 17.1 Å². The topological polar surface area (TPSA) is 29.9 Å². The maximum atomic E-state index is 5.20. The third kappa shape index (κ3) is 2.33. The Hall–Kier alpha value is -1.55. The van der Waals surface area contributed by atoms with E-state index in [1.54, 1.807) is 17.9 Å². The number of aromatic amines is 1. The molecule has 4 heteroatoms. The van der Waals surface area contributed by atoms with Gasteiger partial charge in [0, 0.05) is 0 Å². The highest BCUT2D eigenvalue weighted by Crippen LogP contribution is 2.15. The van der Waals surface area contributed by atoms with Crippen LogP contribution in [-0.4, -0.2) is 16.8 Å². The van der Waals surface area contributed by atoms with Crippen molar-refractivity contribution in [3.63, 3.8) is 0 Å². The van der Waals surface area contributed by atoms with Gasteiger partial charge in [-0.25, -0.2) is 0 Å². The molecule has 86 valence electrons. The molecule has 0 aliphatic carbocycles. The van der Waals surface area contributed by atoms with Crippen LogP contribution in [0.3, 0.4) is 0 Å². The van der Waals surface area contributed by atoms with Crippen LogP contribution < -0.4 is 4.84 Å². The van der Waals surface area contributed by atoms with Crippen molar-refractivity contribution < 1.29 is 4.84 Å². The van der Waals surface area contributed by atoms with Gasteiger partial charge in [-0.05, 0) is 36.4 Å². The van der Waals surface area contributed by atoms with E-state index in [1.807, 2.05) is 12.2 Å². The summed E-state index contributed by atoms with van der Waals surface area (Å²) in [5.41, 5.74) is 2.82. The van der Waals surface area contributed by atoms with Crippen molar-refractivity contribution in [1.82, 2.24) is 9.71 Å². The number of nitrogens with one attached hydrogen (secondary N) is 1. The molecule has 0 atom stereocenters. The third-order valence-electron chi connectivity index (χ3n) is 2.30. The smallest absolute Gasteiger partial charge is 0.212 e. The fourth-order valence-electron chi connectivity index (χ4n) is 1.40. The van der Waals surface area contributed by atoms with Crippen molar-refractivity contribution in [1.29, 1.82) is 0 Å². The van der Waals surface area contributed by atoms with Gasteiger partial charge in [-0.2, -0.15) is 4.73 Å². The zero-order chi connectivity index (χ0) is 12.1. The summed E-state index contributed by atoms with van der Waals surface area (Å²) in [5.74, 6) is 0. The van der Waals surface area contributed by atoms with E-state index in [2.05, 4.69) is 25.1 Å². The van der Waals surface area contributed by atoms with Crippen molar-refractivity contribution in [3.05, 3.63) is 41.0 Å². The molecule has 0 saturated carbocycles. The minimum Gasteiger partial charge on any atom is -0.414 e. The predicted molar refractivity (Wildman–Crippen MR) is 70.7 cm³/mol. The molecule has 1 heterocycles. The Morgan fingerprint density at radius 1 is 1.56 bits per heavy atom. The highest BCUT2D eigenvalue weighted by Gasteiger charge is 2.08. The highest BCUT2D eigenvalue weighted by atomic mass is 32.1. The highest BCUT2D eigenvalue weighted by molar-refractivity contribution is 7.71. The first kappa shape index (κ1) is 12.5. The van der Waals surface area contributed by atoms with E-state index >= 15 is 0 Å².